The van der Waals surface area contributed by atoms with Crippen molar-refractivity contribution in [3.05, 3.63) is 41.2 Å². The van der Waals surface area contributed by atoms with Gasteiger partial charge in [-0.2, -0.15) is 0 Å². The van der Waals surface area contributed by atoms with Gasteiger partial charge in [-0.05, 0) is 44.9 Å². The molecule has 0 spiro atoms. The van der Waals surface area contributed by atoms with Crippen LogP contribution < -0.4 is 10.1 Å². The fourth-order valence-electron chi connectivity index (χ4n) is 3.11. The number of nitrogens with zero attached hydrogens (tertiary/aromatic N) is 3. The zero-order chi connectivity index (χ0) is 16.9. The van der Waals surface area contributed by atoms with Crippen molar-refractivity contribution in [3.8, 4) is 5.75 Å². The van der Waals surface area contributed by atoms with Gasteiger partial charge in [0, 0.05) is 18.7 Å². The average Bonchev–Trinajstić information content (AvgIpc) is 3.03. The first-order valence-electron chi connectivity index (χ1n) is 8.60. The van der Waals surface area contributed by atoms with Gasteiger partial charge in [0.2, 0.25) is 0 Å². The number of aromatic nitrogens is 3. The number of aliphatic hydroxyl groups excluding tert-OH is 1. The molecule has 0 saturated carbocycles. The van der Waals surface area contributed by atoms with Gasteiger partial charge in [0.05, 0.1) is 12.2 Å². The van der Waals surface area contributed by atoms with Crippen molar-refractivity contribution in [2.45, 2.75) is 45.3 Å². The van der Waals surface area contributed by atoms with E-state index in [0.717, 1.165) is 36.5 Å². The third kappa shape index (κ3) is 4.33. The highest BCUT2D eigenvalue weighted by Crippen LogP contribution is 2.21. The minimum Gasteiger partial charge on any atom is -0.491 e. The molecule has 0 bridgehead atoms. The maximum atomic E-state index is 10.2. The van der Waals surface area contributed by atoms with Gasteiger partial charge in [-0.1, -0.05) is 22.9 Å². The zero-order valence-electron chi connectivity index (χ0n) is 14.4. The van der Waals surface area contributed by atoms with Crippen LogP contribution in [0.3, 0.4) is 0 Å². The Labute approximate surface area is 142 Å². The fraction of sp³-hybridized carbons (Fsp3) is 0.556. The number of hydrogen-bond donors (Lipinski definition) is 2. The van der Waals surface area contributed by atoms with E-state index in [1.54, 1.807) is 4.68 Å². The van der Waals surface area contributed by atoms with Crippen molar-refractivity contribution >= 4 is 0 Å². The van der Waals surface area contributed by atoms with E-state index in [-0.39, 0.29) is 6.61 Å². The molecule has 130 valence electrons. The third-order valence-corrected chi connectivity index (χ3v) is 4.43. The molecule has 1 saturated heterocycles. The summed E-state index contributed by atoms with van der Waals surface area (Å²) < 4.78 is 7.44. The van der Waals surface area contributed by atoms with Crippen molar-refractivity contribution in [3.63, 3.8) is 0 Å². The highest BCUT2D eigenvalue weighted by atomic mass is 16.5. The molecule has 2 atom stereocenters. The predicted molar refractivity (Wildman–Crippen MR) is 92.3 cm³/mol. The van der Waals surface area contributed by atoms with Gasteiger partial charge in [-0.25, -0.2) is 4.68 Å². The Bertz CT molecular complexity index is 665. The van der Waals surface area contributed by atoms with Crippen molar-refractivity contribution in [2.24, 2.45) is 0 Å². The number of benzene rings is 1. The second-order valence-electron chi connectivity index (χ2n) is 6.64. The van der Waals surface area contributed by atoms with E-state index in [0.29, 0.717) is 12.5 Å². The van der Waals surface area contributed by atoms with Gasteiger partial charge < -0.3 is 15.2 Å². The summed E-state index contributed by atoms with van der Waals surface area (Å²) in [6.45, 7) is 6.73. The van der Waals surface area contributed by atoms with Gasteiger partial charge in [0.1, 0.15) is 18.5 Å². The lowest BCUT2D eigenvalue weighted by Crippen LogP contribution is -2.28. The van der Waals surface area contributed by atoms with Crippen LogP contribution in [0.5, 0.6) is 5.75 Å². The summed E-state index contributed by atoms with van der Waals surface area (Å²) in [6.07, 6.45) is 3.64. The quantitative estimate of drug-likeness (QED) is 0.845. The maximum absolute atomic E-state index is 10.2. The molecule has 1 aromatic heterocycles. The van der Waals surface area contributed by atoms with Gasteiger partial charge in [-0.15, -0.1) is 5.10 Å². The summed E-state index contributed by atoms with van der Waals surface area (Å²) in [7, 11) is 0. The van der Waals surface area contributed by atoms with Crippen molar-refractivity contribution in [1.29, 1.82) is 0 Å². The van der Waals surface area contributed by atoms with Crippen molar-refractivity contribution < 1.29 is 9.84 Å². The summed E-state index contributed by atoms with van der Waals surface area (Å²) in [6, 6.07) is 6.03. The Hall–Kier alpha value is -1.92. The summed E-state index contributed by atoms with van der Waals surface area (Å²) in [5.74, 6) is 1.24. The molecule has 2 N–H and O–H groups in total. The molecule has 1 aliphatic heterocycles. The lowest BCUT2D eigenvalue weighted by atomic mass is 9.97. The minimum atomic E-state index is -0.621. The highest BCUT2D eigenvalue weighted by Gasteiger charge is 2.19. The number of nitrogens with one attached hydrogen (secondary N) is 1. The Kier molecular flexibility index (Phi) is 5.48. The molecule has 0 radical (unpaired) electrons. The van der Waals surface area contributed by atoms with Crippen LogP contribution in [0.4, 0.5) is 0 Å². The van der Waals surface area contributed by atoms with Crippen LogP contribution in [-0.2, 0) is 6.54 Å². The predicted octanol–water partition coefficient (Wildman–Crippen LogP) is 1.80. The smallest absolute Gasteiger partial charge is 0.122 e. The first-order valence-corrected chi connectivity index (χ1v) is 8.60. The topological polar surface area (TPSA) is 72.2 Å². The molecule has 6 nitrogen and oxygen atoms in total. The molecule has 1 aromatic carbocycles. The Balaban J connectivity index is 1.51. The zero-order valence-corrected chi connectivity index (χ0v) is 14.4. The highest BCUT2D eigenvalue weighted by molar-refractivity contribution is 5.35. The van der Waals surface area contributed by atoms with Crippen molar-refractivity contribution in [1.82, 2.24) is 20.3 Å². The standard InChI is InChI=1S/C18H26N4O2/c1-13-5-6-18(14(2)8-13)24-12-16(23)10-22-11-17(20-21-22)15-4-3-7-19-9-15/h5-6,8,11,15-16,19,23H,3-4,7,9-10,12H2,1-2H3. The van der Waals surface area contributed by atoms with Gasteiger partial charge in [0.15, 0.2) is 0 Å². The number of aliphatic hydroxyl groups is 1. The Morgan fingerprint density at radius 2 is 2.29 bits per heavy atom. The van der Waals surface area contributed by atoms with E-state index in [4.69, 9.17) is 4.74 Å². The molecule has 2 aromatic rings. The molecule has 6 heteroatoms. The van der Waals surface area contributed by atoms with Crippen molar-refractivity contribution in [2.75, 3.05) is 19.7 Å². The molecule has 1 fully saturated rings. The molecule has 0 aliphatic carbocycles. The first-order chi connectivity index (χ1) is 11.6. The number of piperidine rings is 1. The molecule has 0 amide bonds. The van der Waals surface area contributed by atoms with E-state index in [2.05, 4.69) is 28.6 Å². The second-order valence-corrected chi connectivity index (χ2v) is 6.64. The maximum Gasteiger partial charge on any atom is 0.122 e. The molecule has 2 unspecified atom stereocenters. The molecule has 1 aliphatic rings. The van der Waals surface area contributed by atoms with E-state index in [9.17, 15) is 5.11 Å². The number of aryl methyl sites for hydroxylation is 2. The van der Waals surface area contributed by atoms with E-state index < -0.39 is 6.10 Å². The lowest BCUT2D eigenvalue weighted by molar-refractivity contribution is 0.0885. The Morgan fingerprint density at radius 1 is 1.42 bits per heavy atom. The third-order valence-electron chi connectivity index (χ3n) is 4.43. The van der Waals surface area contributed by atoms with Crippen LogP contribution >= 0.6 is 0 Å². The monoisotopic (exact) mass is 330 g/mol. The van der Waals surface area contributed by atoms with Crippen LogP contribution in [0.15, 0.2) is 24.4 Å². The molecule has 2 heterocycles. The largest absolute Gasteiger partial charge is 0.491 e. The molecular weight excluding hydrogens is 304 g/mol. The van der Waals surface area contributed by atoms with Gasteiger partial charge in [-0.3, -0.25) is 0 Å². The molecular formula is C18H26N4O2. The van der Waals surface area contributed by atoms with Crippen LogP contribution in [-0.4, -0.2) is 45.9 Å². The SMILES string of the molecule is Cc1ccc(OCC(O)Cn2cc(C3CCCNC3)nn2)c(C)c1. The average molecular weight is 330 g/mol. The summed E-state index contributed by atoms with van der Waals surface area (Å²) in [4.78, 5) is 0. The molecule has 24 heavy (non-hydrogen) atoms. The van der Waals surface area contributed by atoms with Crippen LogP contribution in [0, 0.1) is 13.8 Å². The minimum absolute atomic E-state index is 0.240. The number of hydrogen-bond acceptors (Lipinski definition) is 5. The summed E-state index contributed by atoms with van der Waals surface area (Å²) >= 11 is 0. The first kappa shape index (κ1) is 16.9. The lowest BCUT2D eigenvalue weighted by Gasteiger charge is -2.20. The normalized spacial score (nSPS) is 19.2. The number of ether oxygens (including phenoxy) is 1. The van der Waals surface area contributed by atoms with Gasteiger partial charge >= 0.3 is 0 Å². The van der Waals surface area contributed by atoms with E-state index >= 15 is 0 Å². The fourth-order valence-corrected chi connectivity index (χ4v) is 3.11. The van der Waals surface area contributed by atoms with Crippen LogP contribution in [0.25, 0.3) is 0 Å². The van der Waals surface area contributed by atoms with E-state index in [1.165, 1.54) is 12.0 Å². The van der Waals surface area contributed by atoms with Crippen LogP contribution in [0.2, 0.25) is 0 Å². The number of rotatable bonds is 6. The summed E-state index contributed by atoms with van der Waals surface area (Å²) in [5, 5.41) is 22.0. The molecule has 3 rings (SSSR count). The Morgan fingerprint density at radius 3 is 3.04 bits per heavy atom. The van der Waals surface area contributed by atoms with E-state index in [1.807, 2.05) is 25.3 Å². The second kappa shape index (κ2) is 7.77. The van der Waals surface area contributed by atoms with Crippen LogP contribution in [0.1, 0.15) is 35.6 Å². The summed E-state index contributed by atoms with van der Waals surface area (Å²) in [5.41, 5.74) is 3.28. The van der Waals surface area contributed by atoms with Gasteiger partial charge in [0.25, 0.3) is 0 Å².